The van der Waals surface area contributed by atoms with Crippen molar-refractivity contribution in [1.82, 2.24) is 29.5 Å². The van der Waals surface area contributed by atoms with Gasteiger partial charge in [-0.2, -0.15) is 4.98 Å². The lowest BCUT2D eigenvalue weighted by molar-refractivity contribution is -0.751. The summed E-state index contributed by atoms with van der Waals surface area (Å²) in [6.45, 7) is 14.1. The zero-order valence-corrected chi connectivity index (χ0v) is 42.9. The topological polar surface area (TPSA) is 210 Å². The Morgan fingerprint density at radius 2 is 1.76 bits per heavy atom. The molecular formula is C53H68FN9O8S. The Morgan fingerprint density at radius 1 is 1.03 bits per heavy atom. The summed E-state index contributed by atoms with van der Waals surface area (Å²) in [5.74, 6) is -0.594. The van der Waals surface area contributed by atoms with Crippen molar-refractivity contribution in [3.05, 3.63) is 94.7 Å². The molecular weight excluding hydrogens is 942 g/mol. The summed E-state index contributed by atoms with van der Waals surface area (Å²) in [6.07, 6.45) is 9.17. The second kappa shape index (κ2) is 20.6. The summed E-state index contributed by atoms with van der Waals surface area (Å²) in [7, 11) is -3.28. The number of quaternary nitrogens is 1. The highest BCUT2D eigenvalue weighted by molar-refractivity contribution is 7.90. The summed E-state index contributed by atoms with van der Waals surface area (Å²) in [4.78, 5) is 44.9. The van der Waals surface area contributed by atoms with E-state index in [-0.39, 0.29) is 80.3 Å². The molecule has 2 atom stereocenters. The number of hydroxylamine groups is 1. The van der Waals surface area contributed by atoms with Crippen molar-refractivity contribution in [2.24, 2.45) is 11.3 Å². The van der Waals surface area contributed by atoms with E-state index in [1.165, 1.54) is 42.6 Å². The summed E-state index contributed by atoms with van der Waals surface area (Å²) in [5, 5.41) is 26.1. The monoisotopic (exact) mass is 1010 g/mol. The fourth-order valence-corrected chi connectivity index (χ4v) is 12.3. The van der Waals surface area contributed by atoms with Crippen molar-refractivity contribution in [2.45, 2.75) is 114 Å². The Balaban J connectivity index is 0.938. The zero-order chi connectivity index (χ0) is 51.1. The van der Waals surface area contributed by atoms with Crippen LogP contribution < -0.4 is 29.5 Å². The predicted octanol–water partition coefficient (Wildman–Crippen LogP) is 7.18. The van der Waals surface area contributed by atoms with E-state index in [0.29, 0.717) is 44.4 Å². The third-order valence-electron chi connectivity index (χ3n) is 15.6. The van der Waals surface area contributed by atoms with Crippen molar-refractivity contribution in [2.75, 3.05) is 63.1 Å². The van der Waals surface area contributed by atoms with Gasteiger partial charge in [0.1, 0.15) is 22.1 Å². The van der Waals surface area contributed by atoms with Crippen LogP contribution >= 0.6 is 0 Å². The quantitative estimate of drug-likeness (QED) is 0.0660. The van der Waals surface area contributed by atoms with E-state index in [1.807, 2.05) is 11.8 Å². The molecule has 17 nitrogen and oxygen atoms in total. The Bertz CT molecular complexity index is 2900. The molecule has 2 aliphatic carbocycles. The van der Waals surface area contributed by atoms with Gasteiger partial charge in [0.25, 0.3) is 21.8 Å². The van der Waals surface area contributed by atoms with Gasteiger partial charge in [0.15, 0.2) is 17.3 Å². The third-order valence-corrected chi connectivity index (χ3v) is 16.9. The number of carbonyl (C=O) groups excluding carboxylic acids is 2. The fraction of sp³-hybridized carbons (Fsp3) is 0.509. The minimum Gasteiger partial charge on any atom is -0.629 e. The second-order valence-electron chi connectivity index (χ2n) is 21.0. The van der Waals surface area contributed by atoms with Crippen molar-refractivity contribution >= 4 is 50.1 Å². The van der Waals surface area contributed by atoms with E-state index in [2.05, 4.69) is 72.9 Å². The molecule has 2 saturated heterocycles. The lowest BCUT2D eigenvalue weighted by atomic mass is 9.59. The molecule has 4 fully saturated rings. The van der Waals surface area contributed by atoms with Crippen LogP contribution in [0.3, 0.4) is 0 Å². The minimum absolute atomic E-state index is 0.00834. The number of halogens is 1. The Hall–Kier alpha value is -5.86. The number of aromatic nitrogens is 3. The molecule has 9 rings (SSSR count). The number of aromatic amines is 1. The summed E-state index contributed by atoms with van der Waals surface area (Å²) < 4.78 is 57.3. The van der Waals surface area contributed by atoms with E-state index in [9.17, 15) is 32.7 Å². The second-order valence-corrected chi connectivity index (χ2v) is 22.7. The number of rotatable bonds is 15. The molecule has 0 radical (unpaired) electrons. The molecule has 2 aromatic carbocycles. The molecule has 2 aliphatic heterocycles. The number of nitrogens with one attached hydrogen (secondary N) is 4. The Kier molecular flexibility index (Phi) is 14.6. The van der Waals surface area contributed by atoms with E-state index in [4.69, 9.17) is 9.47 Å². The van der Waals surface area contributed by atoms with Crippen LogP contribution in [0, 0.1) is 22.4 Å². The number of aliphatic hydroxyl groups is 1. The van der Waals surface area contributed by atoms with Gasteiger partial charge in [-0.3, -0.25) is 14.5 Å². The number of ether oxygens (including phenoxy) is 2. The summed E-state index contributed by atoms with van der Waals surface area (Å²) in [5.41, 5.74) is 2.98. The lowest BCUT2D eigenvalue weighted by Gasteiger charge is -2.58. The number of pyridine rings is 2. The number of H-pyrrole nitrogens is 1. The van der Waals surface area contributed by atoms with Crippen molar-refractivity contribution in [3.8, 4) is 17.4 Å². The molecule has 1 spiro atoms. The number of piperazine rings is 1. The average Bonchev–Trinajstić information content (AvgIpc) is 3.70. The van der Waals surface area contributed by atoms with Gasteiger partial charge in [-0.1, -0.05) is 38.1 Å². The number of nitrogens with zero attached hydrogens (tertiary/aromatic N) is 5. The number of fused-ring (bicyclic) bond motifs is 1. The highest BCUT2D eigenvalue weighted by atomic mass is 32.2. The minimum atomic E-state index is -4.59. The van der Waals surface area contributed by atoms with Gasteiger partial charge in [-0.25, -0.2) is 22.5 Å². The van der Waals surface area contributed by atoms with Crippen LogP contribution in [0.5, 0.6) is 17.4 Å². The van der Waals surface area contributed by atoms with Gasteiger partial charge >= 0.3 is 0 Å². The van der Waals surface area contributed by atoms with Gasteiger partial charge in [0.2, 0.25) is 5.91 Å². The maximum Gasteiger partial charge on any atom is 0.268 e. The molecule has 3 aromatic heterocycles. The first kappa shape index (κ1) is 51.1. The molecule has 386 valence electrons. The van der Waals surface area contributed by atoms with Crippen LogP contribution in [0.1, 0.15) is 119 Å². The summed E-state index contributed by atoms with van der Waals surface area (Å²) >= 11 is 0. The Morgan fingerprint density at radius 3 is 2.46 bits per heavy atom. The van der Waals surface area contributed by atoms with Gasteiger partial charge in [-0.15, -0.1) is 0 Å². The van der Waals surface area contributed by atoms with Crippen LogP contribution in [0.25, 0.3) is 11.0 Å². The first-order valence-electron chi connectivity index (χ1n) is 25.3. The number of hydrogen-bond acceptors (Lipinski definition) is 13. The SMILES string of the molecule is CCOc1nc2[nH]cc(F)c2cc1Oc1cc(N2CCC3(CC2)CC(N2CCN(C(C)=O)C[C@H]2c2ccccc2C(C)C)C3)ccc1C(=O)NS(=O)(=O)c1cnc(NC[C@H]2CC[C@](C)(O)CC2)c([NH+](C)[O-])c1. The molecule has 72 heavy (non-hydrogen) atoms. The molecule has 5 heterocycles. The largest absolute Gasteiger partial charge is 0.629 e. The molecule has 19 heteroatoms. The summed E-state index contributed by atoms with van der Waals surface area (Å²) in [6, 6.07) is 16.7. The highest BCUT2D eigenvalue weighted by Crippen LogP contribution is 2.53. The Labute approximate surface area is 421 Å². The molecule has 5 aromatic rings. The van der Waals surface area contributed by atoms with Gasteiger partial charge in [0, 0.05) is 82.3 Å². The first-order chi connectivity index (χ1) is 34.3. The van der Waals surface area contributed by atoms with Crippen LogP contribution in [-0.2, 0) is 14.8 Å². The zero-order valence-electron chi connectivity index (χ0n) is 42.1. The number of anilines is 2. The lowest BCUT2D eigenvalue weighted by Crippen LogP contribution is -2.98. The van der Waals surface area contributed by atoms with Crippen molar-refractivity contribution in [3.63, 3.8) is 0 Å². The number of benzene rings is 2. The van der Waals surface area contributed by atoms with E-state index in [1.54, 1.807) is 26.0 Å². The third kappa shape index (κ3) is 10.8. The molecule has 5 N–H and O–H groups in total. The number of hydrogen-bond donors (Lipinski definition) is 5. The number of sulfonamides is 1. The number of piperidine rings is 1. The average molecular weight is 1010 g/mol. The van der Waals surface area contributed by atoms with Crippen molar-refractivity contribution in [1.29, 1.82) is 0 Å². The molecule has 1 unspecified atom stereocenters. The van der Waals surface area contributed by atoms with Crippen molar-refractivity contribution < 1.29 is 42.0 Å². The smallest absolute Gasteiger partial charge is 0.268 e. The normalized spacial score (nSPS) is 22.2. The van der Waals surface area contributed by atoms with Gasteiger partial charge in [-0.05, 0) is 106 Å². The number of carbonyl (C=O) groups is 2. The van der Waals surface area contributed by atoms with Gasteiger partial charge in [0.05, 0.1) is 42.4 Å². The van der Waals surface area contributed by atoms with E-state index < -0.39 is 32.4 Å². The van der Waals surface area contributed by atoms with Crippen LogP contribution in [0.2, 0.25) is 0 Å². The fourth-order valence-electron chi connectivity index (χ4n) is 11.3. The van der Waals surface area contributed by atoms with Gasteiger partial charge < -0.3 is 45.0 Å². The highest BCUT2D eigenvalue weighted by Gasteiger charge is 2.50. The maximum atomic E-state index is 15.0. The number of amides is 2. The van der Waals surface area contributed by atoms with Crippen LogP contribution in [-0.4, -0.2) is 115 Å². The molecule has 2 amide bonds. The molecule has 2 saturated carbocycles. The van der Waals surface area contributed by atoms with Crippen LogP contribution in [0.15, 0.2) is 71.9 Å². The standard InChI is InChI=1S/C53H68FN9O8S/c1-7-70-51-47(26-42-43(54)31-57-48(42)58-51)71-46-24-36(12-13-41(46)50(65)59-72(68,69)38-25-44(60(6)67)49(56-30-38)55-29-35-14-16-52(5,66)17-15-35)61-20-18-53(19-21-61)27-37(28-53)63-23-22-62(34(4)64)32-45(63)40-11-9-8-10-39(40)33(2)3/h8-13,24-26,30-31,33,35,37,45,60,66H,7,14-23,27-29,32H2,1-6H3,(H,55,56)(H,57,58)(H,59,65)/t35-,45-,52-/m0/s1. The molecule has 4 aliphatic rings. The van der Waals surface area contributed by atoms with Crippen LogP contribution in [0.4, 0.5) is 21.6 Å². The first-order valence-corrected chi connectivity index (χ1v) is 26.8. The van der Waals surface area contributed by atoms with E-state index in [0.717, 1.165) is 70.0 Å². The predicted molar refractivity (Wildman–Crippen MR) is 273 cm³/mol. The maximum absolute atomic E-state index is 15.0. The van der Waals surface area contributed by atoms with E-state index >= 15 is 0 Å². The molecule has 0 bridgehead atoms.